The van der Waals surface area contributed by atoms with Gasteiger partial charge in [-0.2, -0.15) is 0 Å². The standard InChI is InChI=1S/C51H87N3O9/c1-4-7-10-13-16-19-22-25-28-31-34-37-46(55)61-43-40-52-49(58)53(41-44-62-47(56)38-35-32-29-26-23-20-17-14-11-8-5-2)51(60)54(50(52)59)42-45-63-48(57)39-36-33-30-27-24-21-18-15-12-9-6-3/h19-24H,4-18,25-45H2,1-3H3/b22-19+,23-20+,24-21+. The Morgan fingerprint density at radius 3 is 0.794 bits per heavy atom. The molecule has 1 aromatic heterocycles. The van der Waals surface area contributed by atoms with Crippen molar-refractivity contribution in [3.8, 4) is 0 Å². The molecule has 0 amide bonds. The molecule has 1 aromatic rings. The number of carbonyl (C=O) groups excluding carboxylic acids is 3. The van der Waals surface area contributed by atoms with Crippen LogP contribution in [0.1, 0.15) is 213 Å². The molecule has 0 aliphatic heterocycles. The van der Waals surface area contributed by atoms with Crippen molar-refractivity contribution in [1.29, 1.82) is 0 Å². The molecule has 0 aliphatic rings. The molecular weight excluding hydrogens is 799 g/mol. The van der Waals surface area contributed by atoms with E-state index < -0.39 is 35.0 Å². The molecule has 0 fully saturated rings. The van der Waals surface area contributed by atoms with Crippen molar-refractivity contribution in [2.45, 2.75) is 233 Å². The van der Waals surface area contributed by atoms with Gasteiger partial charge in [-0.1, -0.05) is 134 Å². The minimum atomic E-state index is -0.895. The van der Waals surface area contributed by atoms with Gasteiger partial charge < -0.3 is 14.2 Å². The van der Waals surface area contributed by atoms with Crippen LogP contribution in [0.25, 0.3) is 0 Å². The Kier molecular flexibility index (Phi) is 36.9. The number of aromatic nitrogens is 3. The maximum absolute atomic E-state index is 13.5. The smallest absolute Gasteiger partial charge is 0.336 e. The van der Waals surface area contributed by atoms with Crippen LogP contribution in [0.15, 0.2) is 50.8 Å². The van der Waals surface area contributed by atoms with Gasteiger partial charge in [-0.25, -0.2) is 28.1 Å². The van der Waals surface area contributed by atoms with Crippen LogP contribution in [0.3, 0.4) is 0 Å². The molecule has 0 bridgehead atoms. The zero-order valence-corrected chi connectivity index (χ0v) is 39.9. The lowest BCUT2D eigenvalue weighted by Gasteiger charge is -2.14. The van der Waals surface area contributed by atoms with Crippen LogP contribution >= 0.6 is 0 Å². The van der Waals surface area contributed by atoms with E-state index in [-0.39, 0.29) is 58.7 Å². The van der Waals surface area contributed by atoms with E-state index in [2.05, 4.69) is 57.2 Å². The second-order valence-electron chi connectivity index (χ2n) is 16.7. The summed E-state index contributed by atoms with van der Waals surface area (Å²) in [6.07, 6.45) is 42.8. The van der Waals surface area contributed by atoms with E-state index in [9.17, 15) is 28.8 Å². The lowest BCUT2D eigenvalue weighted by molar-refractivity contribution is -0.144. The Hall–Kier alpha value is -3.96. The first-order valence-corrected chi connectivity index (χ1v) is 25.1. The summed E-state index contributed by atoms with van der Waals surface area (Å²) in [6, 6.07) is 0. The van der Waals surface area contributed by atoms with Crippen LogP contribution in [-0.2, 0) is 48.2 Å². The van der Waals surface area contributed by atoms with E-state index >= 15 is 0 Å². The van der Waals surface area contributed by atoms with Gasteiger partial charge in [0, 0.05) is 19.3 Å². The van der Waals surface area contributed by atoms with E-state index in [4.69, 9.17) is 14.2 Å². The Morgan fingerprint density at radius 2 is 0.571 bits per heavy atom. The topological polar surface area (TPSA) is 145 Å². The maximum atomic E-state index is 13.5. The monoisotopic (exact) mass is 886 g/mol. The predicted molar refractivity (Wildman–Crippen MR) is 255 cm³/mol. The van der Waals surface area contributed by atoms with Crippen LogP contribution in [-0.4, -0.2) is 51.4 Å². The summed E-state index contributed by atoms with van der Waals surface area (Å²) in [7, 11) is 0. The van der Waals surface area contributed by atoms with Crippen molar-refractivity contribution in [2.24, 2.45) is 0 Å². The number of nitrogens with zero attached hydrogens (tertiary/aromatic N) is 3. The van der Waals surface area contributed by atoms with Crippen LogP contribution in [0.5, 0.6) is 0 Å². The molecular formula is C51H87N3O9. The number of allylic oxidation sites excluding steroid dienone is 6. The van der Waals surface area contributed by atoms with Gasteiger partial charge in [0.05, 0.1) is 19.6 Å². The summed E-state index contributed by atoms with van der Waals surface area (Å²) in [5.74, 6) is -1.28. The van der Waals surface area contributed by atoms with Crippen molar-refractivity contribution >= 4 is 17.9 Å². The van der Waals surface area contributed by atoms with Crippen molar-refractivity contribution in [3.05, 3.63) is 67.9 Å². The number of unbranched alkanes of at least 4 members (excludes halogenated alkanes) is 21. The fourth-order valence-corrected chi connectivity index (χ4v) is 7.12. The summed E-state index contributed by atoms with van der Waals surface area (Å²) in [4.78, 5) is 77.9. The van der Waals surface area contributed by atoms with Crippen LogP contribution < -0.4 is 17.1 Å². The molecule has 12 heteroatoms. The molecule has 0 spiro atoms. The minimum absolute atomic E-state index is 0.225. The van der Waals surface area contributed by atoms with E-state index in [1.165, 1.54) is 77.0 Å². The van der Waals surface area contributed by atoms with Crippen molar-refractivity contribution < 1.29 is 28.6 Å². The quantitative estimate of drug-likeness (QED) is 0.0271. The maximum Gasteiger partial charge on any atom is 0.336 e. The van der Waals surface area contributed by atoms with Crippen molar-refractivity contribution in [1.82, 2.24) is 13.7 Å². The summed E-state index contributed by atoms with van der Waals surface area (Å²) >= 11 is 0. The molecule has 0 aromatic carbocycles. The van der Waals surface area contributed by atoms with Gasteiger partial charge in [0.15, 0.2) is 0 Å². The molecule has 63 heavy (non-hydrogen) atoms. The highest BCUT2D eigenvalue weighted by atomic mass is 16.5. The molecule has 1 rings (SSSR count). The van der Waals surface area contributed by atoms with Gasteiger partial charge in [0.25, 0.3) is 0 Å². The van der Waals surface area contributed by atoms with Gasteiger partial charge in [-0.15, -0.1) is 0 Å². The summed E-state index contributed by atoms with van der Waals surface area (Å²) in [5.41, 5.74) is -2.68. The second-order valence-corrected chi connectivity index (χ2v) is 16.7. The molecule has 1 heterocycles. The van der Waals surface area contributed by atoms with Crippen LogP contribution in [0.2, 0.25) is 0 Å². The largest absolute Gasteiger partial charge is 0.464 e. The van der Waals surface area contributed by atoms with E-state index in [0.29, 0.717) is 19.3 Å². The Labute approximate surface area is 379 Å². The first-order valence-electron chi connectivity index (χ1n) is 25.1. The Morgan fingerprint density at radius 1 is 0.349 bits per heavy atom. The van der Waals surface area contributed by atoms with Crippen LogP contribution in [0.4, 0.5) is 0 Å². The molecule has 0 saturated heterocycles. The van der Waals surface area contributed by atoms with Gasteiger partial charge >= 0.3 is 35.0 Å². The molecule has 12 nitrogen and oxygen atoms in total. The zero-order chi connectivity index (χ0) is 46.0. The third kappa shape index (κ3) is 30.7. The van der Waals surface area contributed by atoms with Gasteiger partial charge in [-0.05, 0) is 96.3 Å². The lowest BCUT2D eigenvalue weighted by atomic mass is 10.1. The molecule has 0 atom stereocenters. The van der Waals surface area contributed by atoms with Gasteiger partial charge in [0.2, 0.25) is 0 Å². The number of hydrogen-bond acceptors (Lipinski definition) is 9. The van der Waals surface area contributed by atoms with Crippen LogP contribution in [0, 0.1) is 0 Å². The summed E-state index contributed by atoms with van der Waals surface area (Å²) < 4.78 is 18.6. The number of esters is 3. The highest BCUT2D eigenvalue weighted by Crippen LogP contribution is 2.10. The number of ether oxygens (including phenoxy) is 3. The average molecular weight is 886 g/mol. The fraction of sp³-hybridized carbons (Fsp3) is 0.765. The predicted octanol–water partition coefficient (Wildman–Crippen LogP) is 11.2. The lowest BCUT2D eigenvalue weighted by Crippen LogP contribution is -2.55. The van der Waals surface area contributed by atoms with Gasteiger partial charge in [-0.3, -0.25) is 14.4 Å². The van der Waals surface area contributed by atoms with E-state index in [0.717, 1.165) is 90.8 Å². The Balaban J connectivity index is 2.72. The number of carbonyl (C=O) groups is 3. The molecule has 360 valence electrons. The number of hydrogen-bond donors (Lipinski definition) is 0. The third-order valence-electron chi connectivity index (χ3n) is 11.0. The van der Waals surface area contributed by atoms with Crippen molar-refractivity contribution in [3.63, 3.8) is 0 Å². The highest BCUT2D eigenvalue weighted by Gasteiger charge is 2.17. The highest BCUT2D eigenvalue weighted by molar-refractivity contribution is 5.69. The average Bonchev–Trinajstić information content (AvgIpc) is 3.27. The third-order valence-corrected chi connectivity index (χ3v) is 11.0. The summed E-state index contributed by atoms with van der Waals surface area (Å²) in [6.45, 7) is 5.10. The summed E-state index contributed by atoms with van der Waals surface area (Å²) in [5, 5.41) is 0. The fourth-order valence-electron chi connectivity index (χ4n) is 7.12. The zero-order valence-electron chi connectivity index (χ0n) is 39.9. The Bertz CT molecular complexity index is 1390. The normalized spacial score (nSPS) is 11.7. The molecule has 0 saturated carbocycles. The molecule has 0 aliphatic carbocycles. The molecule has 0 radical (unpaired) electrons. The number of rotatable bonds is 42. The molecule has 0 N–H and O–H groups in total. The second kappa shape index (κ2) is 40.8. The van der Waals surface area contributed by atoms with Gasteiger partial charge in [0.1, 0.15) is 19.8 Å². The first-order chi connectivity index (χ1) is 30.8. The van der Waals surface area contributed by atoms with E-state index in [1.54, 1.807) is 0 Å². The minimum Gasteiger partial charge on any atom is -0.464 e. The molecule has 0 unspecified atom stereocenters. The first kappa shape index (κ1) is 57.1. The van der Waals surface area contributed by atoms with Crippen molar-refractivity contribution in [2.75, 3.05) is 19.8 Å². The SMILES string of the molecule is CCCCCC/C=C/CCCCCC(=O)OCCn1c(=O)n(CCOC(=O)CCCCC/C=C/CCCCCC)c(=O)n(CCOC(=O)CCCCC/C=C/CCCCCC)c1=O. The van der Waals surface area contributed by atoms with E-state index in [1.807, 2.05) is 0 Å².